The maximum Gasteiger partial charge on any atom is 0.235 e. The minimum atomic E-state index is -3.35. The van der Waals surface area contributed by atoms with E-state index in [4.69, 9.17) is 10.5 Å². The van der Waals surface area contributed by atoms with Gasteiger partial charge >= 0.3 is 0 Å². The molecular weight excluding hydrogens is 264 g/mol. The van der Waals surface area contributed by atoms with Crippen molar-refractivity contribution in [2.24, 2.45) is 5.73 Å². The second-order valence-electron chi connectivity index (χ2n) is 4.87. The monoisotopic (exact) mass is 284 g/mol. The standard InChI is InChI=1S/C13H20N2O3S/c1-10(14)11-3-2-4-12(9-11)15-19(16,17)13-5-7-18-8-6-13/h2-4,9-10,13,15H,5-8,14H2,1H3. The number of benzene rings is 1. The highest BCUT2D eigenvalue weighted by molar-refractivity contribution is 7.93. The molecule has 1 fully saturated rings. The summed E-state index contributed by atoms with van der Waals surface area (Å²) in [7, 11) is -3.35. The van der Waals surface area contributed by atoms with Gasteiger partial charge in [0.25, 0.3) is 0 Å². The number of hydrogen-bond acceptors (Lipinski definition) is 4. The maximum absolute atomic E-state index is 12.2. The predicted molar refractivity (Wildman–Crippen MR) is 75.4 cm³/mol. The lowest BCUT2D eigenvalue weighted by atomic mass is 10.1. The van der Waals surface area contributed by atoms with Crippen molar-refractivity contribution in [2.45, 2.75) is 31.1 Å². The van der Waals surface area contributed by atoms with Crippen LogP contribution in [0.5, 0.6) is 0 Å². The summed E-state index contributed by atoms with van der Waals surface area (Å²) in [4.78, 5) is 0. The molecule has 1 atom stereocenters. The van der Waals surface area contributed by atoms with Gasteiger partial charge in [0.05, 0.1) is 5.25 Å². The molecular formula is C13H20N2O3S. The van der Waals surface area contributed by atoms with E-state index in [1.54, 1.807) is 18.2 Å². The molecule has 0 saturated carbocycles. The molecule has 0 aliphatic carbocycles. The Bertz CT molecular complexity index is 522. The number of anilines is 1. The summed E-state index contributed by atoms with van der Waals surface area (Å²) in [6.45, 7) is 2.88. The molecule has 106 valence electrons. The second-order valence-corrected chi connectivity index (χ2v) is 6.83. The normalized spacial score (nSPS) is 19.1. The first-order valence-corrected chi connectivity index (χ1v) is 7.98. The van der Waals surface area contributed by atoms with Crippen LogP contribution in [0.2, 0.25) is 0 Å². The molecule has 1 aliphatic rings. The molecule has 0 bridgehead atoms. The second kappa shape index (κ2) is 5.90. The van der Waals surface area contributed by atoms with Gasteiger partial charge < -0.3 is 10.5 Å². The summed E-state index contributed by atoms with van der Waals surface area (Å²) in [5, 5.41) is -0.375. The molecule has 1 aromatic carbocycles. The predicted octanol–water partition coefficient (Wildman–Crippen LogP) is 1.63. The SMILES string of the molecule is CC(N)c1cccc(NS(=O)(=O)C2CCOCC2)c1. The third-order valence-electron chi connectivity index (χ3n) is 3.28. The summed E-state index contributed by atoms with van der Waals surface area (Å²) in [5.74, 6) is 0. The Hall–Kier alpha value is -1.11. The highest BCUT2D eigenvalue weighted by Gasteiger charge is 2.27. The minimum Gasteiger partial charge on any atom is -0.381 e. The number of nitrogens with two attached hydrogens (primary N) is 1. The molecule has 1 unspecified atom stereocenters. The number of rotatable bonds is 4. The summed E-state index contributed by atoms with van der Waals surface area (Å²) in [5.41, 5.74) is 7.28. The van der Waals surface area contributed by atoms with Gasteiger partial charge in [-0.2, -0.15) is 0 Å². The molecule has 1 aliphatic heterocycles. The summed E-state index contributed by atoms with van der Waals surface area (Å²) in [6, 6.07) is 7.09. The zero-order valence-electron chi connectivity index (χ0n) is 11.0. The Kier molecular flexibility index (Phi) is 4.44. The number of ether oxygens (including phenoxy) is 1. The largest absolute Gasteiger partial charge is 0.381 e. The molecule has 0 radical (unpaired) electrons. The summed E-state index contributed by atoms with van der Waals surface area (Å²) in [6.07, 6.45) is 1.09. The molecule has 0 aromatic heterocycles. The molecule has 6 heteroatoms. The van der Waals surface area contributed by atoms with Crippen molar-refractivity contribution in [2.75, 3.05) is 17.9 Å². The van der Waals surface area contributed by atoms with Gasteiger partial charge in [-0.05, 0) is 37.5 Å². The fraction of sp³-hybridized carbons (Fsp3) is 0.538. The zero-order chi connectivity index (χ0) is 13.9. The smallest absolute Gasteiger partial charge is 0.235 e. The van der Waals surface area contributed by atoms with E-state index in [9.17, 15) is 8.42 Å². The van der Waals surface area contributed by atoms with Crippen LogP contribution in [0.4, 0.5) is 5.69 Å². The van der Waals surface area contributed by atoms with Crippen LogP contribution in [0.15, 0.2) is 24.3 Å². The molecule has 19 heavy (non-hydrogen) atoms. The van der Waals surface area contributed by atoms with Crippen LogP contribution < -0.4 is 10.5 Å². The van der Waals surface area contributed by atoms with Gasteiger partial charge in [0.15, 0.2) is 0 Å². The molecule has 0 amide bonds. The molecule has 1 heterocycles. The van der Waals surface area contributed by atoms with Gasteiger partial charge in [-0.1, -0.05) is 12.1 Å². The van der Waals surface area contributed by atoms with E-state index in [0.29, 0.717) is 31.7 Å². The van der Waals surface area contributed by atoms with Crippen molar-refractivity contribution in [1.82, 2.24) is 0 Å². The van der Waals surface area contributed by atoms with Crippen molar-refractivity contribution < 1.29 is 13.2 Å². The molecule has 3 N–H and O–H groups in total. The molecule has 0 spiro atoms. The van der Waals surface area contributed by atoms with E-state index in [-0.39, 0.29) is 11.3 Å². The topological polar surface area (TPSA) is 81.4 Å². The van der Waals surface area contributed by atoms with Crippen molar-refractivity contribution >= 4 is 15.7 Å². The van der Waals surface area contributed by atoms with E-state index in [1.807, 2.05) is 13.0 Å². The van der Waals surface area contributed by atoms with Crippen molar-refractivity contribution in [3.63, 3.8) is 0 Å². The van der Waals surface area contributed by atoms with Gasteiger partial charge in [-0.3, -0.25) is 4.72 Å². The van der Waals surface area contributed by atoms with Crippen LogP contribution >= 0.6 is 0 Å². The van der Waals surface area contributed by atoms with Crippen LogP contribution in [-0.4, -0.2) is 26.9 Å². The zero-order valence-corrected chi connectivity index (χ0v) is 11.8. The van der Waals surface area contributed by atoms with Gasteiger partial charge in [-0.25, -0.2) is 8.42 Å². The fourth-order valence-corrected chi connectivity index (χ4v) is 3.55. The van der Waals surface area contributed by atoms with Gasteiger partial charge in [0, 0.05) is 24.9 Å². The van der Waals surface area contributed by atoms with Crippen LogP contribution in [0.1, 0.15) is 31.4 Å². The van der Waals surface area contributed by atoms with Crippen molar-refractivity contribution in [1.29, 1.82) is 0 Å². The van der Waals surface area contributed by atoms with Gasteiger partial charge in [-0.15, -0.1) is 0 Å². The average molecular weight is 284 g/mol. The third-order valence-corrected chi connectivity index (χ3v) is 5.15. The van der Waals surface area contributed by atoms with Gasteiger partial charge in [0.2, 0.25) is 10.0 Å². The Morgan fingerprint density at radius 2 is 2.05 bits per heavy atom. The molecule has 5 nitrogen and oxygen atoms in total. The quantitative estimate of drug-likeness (QED) is 0.880. The molecule has 2 rings (SSSR count). The van der Waals surface area contributed by atoms with E-state index in [0.717, 1.165) is 5.56 Å². The Morgan fingerprint density at radius 1 is 1.37 bits per heavy atom. The number of nitrogens with one attached hydrogen (secondary N) is 1. The highest BCUT2D eigenvalue weighted by atomic mass is 32.2. The number of hydrogen-bond donors (Lipinski definition) is 2. The van der Waals surface area contributed by atoms with Gasteiger partial charge in [0.1, 0.15) is 0 Å². The van der Waals surface area contributed by atoms with E-state index >= 15 is 0 Å². The lowest BCUT2D eigenvalue weighted by Gasteiger charge is -2.23. The Labute approximate surface area is 114 Å². The lowest BCUT2D eigenvalue weighted by Crippen LogP contribution is -2.33. The molecule has 1 saturated heterocycles. The molecule has 1 aromatic rings. The van der Waals surface area contributed by atoms with Crippen LogP contribution in [0, 0.1) is 0 Å². The Balaban J connectivity index is 2.13. The Morgan fingerprint density at radius 3 is 2.68 bits per heavy atom. The van der Waals surface area contributed by atoms with Crippen LogP contribution in [-0.2, 0) is 14.8 Å². The van der Waals surface area contributed by atoms with E-state index in [1.165, 1.54) is 0 Å². The van der Waals surface area contributed by atoms with E-state index < -0.39 is 10.0 Å². The summed E-state index contributed by atoms with van der Waals surface area (Å²) >= 11 is 0. The third kappa shape index (κ3) is 3.68. The minimum absolute atomic E-state index is 0.118. The van der Waals surface area contributed by atoms with Crippen LogP contribution in [0.25, 0.3) is 0 Å². The highest BCUT2D eigenvalue weighted by Crippen LogP contribution is 2.21. The van der Waals surface area contributed by atoms with Crippen molar-refractivity contribution in [3.05, 3.63) is 29.8 Å². The number of sulfonamides is 1. The first-order chi connectivity index (χ1) is 8.99. The van der Waals surface area contributed by atoms with Crippen LogP contribution in [0.3, 0.4) is 0 Å². The first kappa shape index (κ1) is 14.3. The lowest BCUT2D eigenvalue weighted by molar-refractivity contribution is 0.0984. The maximum atomic E-state index is 12.2. The fourth-order valence-electron chi connectivity index (χ4n) is 2.12. The first-order valence-electron chi connectivity index (χ1n) is 6.44. The van der Waals surface area contributed by atoms with Crippen molar-refractivity contribution in [3.8, 4) is 0 Å². The van der Waals surface area contributed by atoms with E-state index in [2.05, 4.69) is 4.72 Å². The summed E-state index contributed by atoms with van der Waals surface area (Å²) < 4.78 is 32.3. The average Bonchev–Trinajstić information content (AvgIpc) is 2.39.